The van der Waals surface area contributed by atoms with Crippen molar-refractivity contribution in [2.24, 2.45) is 5.92 Å². The molecule has 0 aliphatic carbocycles. The number of piperidine rings is 1. The zero-order chi connectivity index (χ0) is 18.5. The minimum atomic E-state index is 0.132. The Morgan fingerprint density at radius 3 is 2.59 bits per heavy atom. The molecule has 27 heavy (non-hydrogen) atoms. The summed E-state index contributed by atoms with van der Waals surface area (Å²) in [6.07, 6.45) is 2.71. The largest absolute Gasteiger partial charge is 0.356 e. The number of likely N-dealkylation sites (tertiary alicyclic amines) is 1. The third-order valence-corrected chi connectivity index (χ3v) is 5.33. The molecule has 2 heterocycles. The van der Waals surface area contributed by atoms with Crippen molar-refractivity contribution in [3.8, 4) is 0 Å². The van der Waals surface area contributed by atoms with E-state index in [9.17, 15) is 4.79 Å². The van der Waals surface area contributed by atoms with Crippen molar-refractivity contribution in [3.63, 3.8) is 0 Å². The summed E-state index contributed by atoms with van der Waals surface area (Å²) in [6, 6.07) is 18.4. The summed E-state index contributed by atoms with van der Waals surface area (Å²) in [7, 11) is 0. The fourth-order valence-corrected chi connectivity index (χ4v) is 3.76. The molecule has 0 unspecified atom stereocenters. The van der Waals surface area contributed by atoms with E-state index in [1.807, 2.05) is 36.4 Å². The number of rotatable bonds is 6. The van der Waals surface area contributed by atoms with Gasteiger partial charge in [-0.05, 0) is 50.0 Å². The highest BCUT2D eigenvalue weighted by atomic mass is 16.1. The first-order valence-corrected chi connectivity index (χ1v) is 9.75. The van der Waals surface area contributed by atoms with Crippen LogP contribution in [-0.4, -0.2) is 40.4 Å². The molecule has 2 aromatic carbocycles. The Labute approximate surface area is 159 Å². The number of carbonyl (C=O) groups excluding carboxylic acids is 1. The van der Waals surface area contributed by atoms with Gasteiger partial charge >= 0.3 is 0 Å². The van der Waals surface area contributed by atoms with Crippen LogP contribution in [-0.2, 0) is 17.8 Å². The second kappa shape index (κ2) is 8.35. The molecule has 1 aromatic heterocycles. The van der Waals surface area contributed by atoms with Gasteiger partial charge in [0, 0.05) is 12.5 Å². The van der Waals surface area contributed by atoms with E-state index in [2.05, 4.69) is 38.4 Å². The zero-order valence-corrected chi connectivity index (χ0v) is 15.5. The Morgan fingerprint density at radius 2 is 1.81 bits per heavy atom. The molecule has 1 aliphatic rings. The average Bonchev–Trinajstić information content (AvgIpc) is 3.11. The second-order valence-corrected chi connectivity index (χ2v) is 7.28. The molecular formula is C22H26N4O. The molecule has 0 saturated carbocycles. The number of hydrogen-bond donors (Lipinski definition) is 2. The van der Waals surface area contributed by atoms with Crippen LogP contribution in [0.4, 0.5) is 0 Å². The Hall–Kier alpha value is -2.66. The van der Waals surface area contributed by atoms with Gasteiger partial charge in [-0.1, -0.05) is 42.5 Å². The van der Waals surface area contributed by atoms with Gasteiger partial charge in [0.25, 0.3) is 0 Å². The monoisotopic (exact) mass is 362 g/mol. The molecule has 4 rings (SSSR count). The van der Waals surface area contributed by atoms with Gasteiger partial charge in [0.15, 0.2) is 0 Å². The summed E-state index contributed by atoms with van der Waals surface area (Å²) in [4.78, 5) is 22.8. The molecule has 1 amide bonds. The van der Waals surface area contributed by atoms with Crippen LogP contribution in [0.15, 0.2) is 54.6 Å². The molecular weight excluding hydrogens is 336 g/mol. The SMILES string of the molecule is O=C(NCCc1ccccc1)C1CCN(Cc2nc3ccccc3[nH]2)CC1. The van der Waals surface area contributed by atoms with E-state index in [0.29, 0.717) is 6.54 Å². The molecule has 1 fully saturated rings. The number of nitrogens with one attached hydrogen (secondary N) is 2. The van der Waals surface area contributed by atoms with Crippen molar-refractivity contribution in [2.75, 3.05) is 19.6 Å². The lowest BCUT2D eigenvalue weighted by atomic mass is 9.96. The van der Waals surface area contributed by atoms with Crippen molar-refractivity contribution < 1.29 is 4.79 Å². The number of hydrogen-bond acceptors (Lipinski definition) is 3. The van der Waals surface area contributed by atoms with Crippen molar-refractivity contribution in [3.05, 3.63) is 66.0 Å². The Kier molecular flexibility index (Phi) is 5.49. The van der Waals surface area contributed by atoms with Crippen LogP contribution in [0.2, 0.25) is 0 Å². The quantitative estimate of drug-likeness (QED) is 0.708. The number of imidazole rings is 1. The number of fused-ring (bicyclic) bond motifs is 1. The van der Waals surface area contributed by atoms with E-state index < -0.39 is 0 Å². The maximum Gasteiger partial charge on any atom is 0.223 e. The van der Waals surface area contributed by atoms with Crippen LogP contribution >= 0.6 is 0 Å². The number of aromatic amines is 1. The lowest BCUT2D eigenvalue weighted by molar-refractivity contribution is -0.126. The number of nitrogens with zero attached hydrogens (tertiary/aromatic N) is 2. The minimum absolute atomic E-state index is 0.132. The van der Waals surface area contributed by atoms with Gasteiger partial charge in [0.2, 0.25) is 5.91 Å². The predicted octanol–water partition coefficient (Wildman–Crippen LogP) is 3.13. The van der Waals surface area contributed by atoms with Crippen LogP contribution in [0, 0.1) is 5.92 Å². The first kappa shape index (κ1) is 17.7. The molecule has 0 bridgehead atoms. The van der Waals surface area contributed by atoms with Crippen molar-refractivity contribution in [1.29, 1.82) is 0 Å². The maximum atomic E-state index is 12.4. The molecule has 0 spiro atoms. The smallest absolute Gasteiger partial charge is 0.223 e. The van der Waals surface area contributed by atoms with Gasteiger partial charge in [0.1, 0.15) is 5.82 Å². The summed E-state index contributed by atoms with van der Waals surface area (Å²) in [5, 5.41) is 3.11. The summed E-state index contributed by atoms with van der Waals surface area (Å²) in [5.41, 5.74) is 3.36. The molecule has 0 atom stereocenters. The summed E-state index contributed by atoms with van der Waals surface area (Å²) in [6.45, 7) is 3.40. The first-order valence-electron chi connectivity index (χ1n) is 9.75. The van der Waals surface area contributed by atoms with Gasteiger partial charge in [-0.2, -0.15) is 0 Å². The highest BCUT2D eigenvalue weighted by Crippen LogP contribution is 2.19. The molecule has 0 radical (unpaired) electrons. The fourth-order valence-electron chi connectivity index (χ4n) is 3.76. The molecule has 3 aromatic rings. The normalized spacial score (nSPS) is 15.9. The molecule has 5 nitrogen and oxygen atoms in total. The number of amides is 1. The van der Waals surface area contributed by atoms with Gasteiger partial charge in [-0.3, -0.25) is 9.69 Å². The predicted molar refractivity (Wildman–Crippen MR) is 107 cm³/mol. The van der Waals surface area contributed by atoms with Gasteiger partial charge in [-0.25, -0.2) is 4.98 Å². The van der Waals surface area contributed by atoms with E-state index in [-0.39, 0.29) is 11.8 Å². The number of H-pyrrole nitrogens is 1. The maximum absolute atomic E-state index is 12.4. The highest BCUT2D eigenvalue weighted by molar-refractivity contribution is 5.78. The summed E-state index contributed by atoms with van der Waals surface area (Å²) in [5.74, 6) is 1.34. The van der Waals surface area contributed by atoms with E-state index in [1.165, 1.54) is 5.56 Å². The topological polar surface area (TPSA) is 61.0 Å². The van der Waals surface area contributed by atoms with Gasteiger partial charge in [0.05, 0.1) is 17.6 Å². The number of benzene rings is 2. The molecule has 2 N–H and O–H groups in total. The second-order valence-electron chi connectivity index (χ2n) is 7.28. The van der Waals surface area contributed by atoms with Crippen LogP contribution in [0.25, 0.3) is 11.0 Å². The number of aromatic nitrogens is 2. The molecule has 1 aliphatic heterocycles. The lowest BCUT2D eigenvalue weighted by Crippen LogP contribution is -2.40. The number of para-hydroxylation sites is 2. The van der Waals surface area contributed by atoms with Gasteiger partial charge in [-0.15, -0.1) is 0 Å². The summed E-state index contributed by atoms with van der Waals surface area (Å²) < 4.78 is 0. The molecule has 5 heteroatoms. The Bertz CT molecular complexity index is 848. The fraction of sp³-hybridized carbons (Fsp3) is 0.364. The minimum Gasteiger partial charge on any atom is -0.356 e. The van der Waals surface area contributed by atoms with Crippen molar-refractivity contribution in [2.45, 2.75) is 25.8 Å². The van der Waals surface area contributed by atoms with Gasteiger partial charge < -0.3 is 10.3 Å². The number of carbonyl (C=O) groups is 1. The summed E-state index contributed by atoms with van der Waals surface area (Å²) >= 11 is 0. The third kappa shape index (κ3) is 4.55. The molecule has 1 saturated heterocycles. The Morgan fingerprint density at radius 1 is 1.07 bits per heavy atom. The van der Waals surface area contributed by atoms with Crippen molar-refractivity contribution in [1.82, 2.24) is 20.2 Å². The van der Waals surface area contributed by atoms with Crippen LogP contribution in [0.5, 0.6) is 0 Å². The van der Waals surface area contributed by atoms with Crippen LogP contribution < -0.4 is 5.32 Å². The van der Waals surface area contributed by atoms with E-state index in [0.717, 1.165) is 55.8 Å². The first-order chi connectivity index (χ1) is 13.3. The zero-order valence-electron chi connectivity index (χ0n) is 15.5. The van der Waals surface area contributed by atoms with E-state index in [1.54, 1.807) is 0 Å². The van der Waals surface area contributed by atoms with Crippen molar-refractivity contribution >= 4 is 16.9 Å². The standard InChI is InChI=1S/C22H26N4O/c27-22(23-13-10-17-6-2-1-3-7-17)18-11-14-26(15-12-18)16-21-24-19-8-4-5-9-20(19)25-21/h1-9,18H,10-16H2,(H,23,27)(H,24,25). The highest BCUT2D eigenvalue weighted by Gasteiger charge is 2.25. The van der Waals surface area contributed by atoms with E-state index in [4.69, 9.17) is 0 Å². The molecule has 140 valence electrons. The lowest BCUT2D eigenvalue weighted by Gasteiger charge is -2.30. The third-order valence-electron chi connectivity index (χ3n) is 5.33. The van der Waals surface area contributed by atoms with E-state index >= 15 is 0 Å². The average molecular weight is 362 g/mol. The van der Waals surface area contributed by atoms with Crippen LogP contribution in [0.3, 0.4) is 0 Å². The Balaban J connectivity index is 1.21. The van der Waals surface area contributed by atoms with Crippen LogP contribution in [0.1, 0.15) is 24.2 Å².